The summed E-state index contributed by atoms with van der Waals surface area (Å²) < 4.78 is 18.5. The van der Waals surface area contributed by atoms with Crippen molar-refractivity contribution in [1.82, 2.24) is 15.1 Å². The Morgan fingerprint density at radius 1 is 1.04 bits per heavy atom. The summed E-state index contributed by atoms with van der Waals surface area (Å²) in [5.41, 5.74) is 1.09. The van der Waals surface area contributed by atoms with E-state index in [1.54, 1.807) is 0 Å². The number of guanidine groups is 1. The molecular weight excluding hydrogens is 357 g/mol. The van der Waals surface area contributed by atoms with Crippen LogP contribution in [0.1, 0.15) is 19.8 Å². The number of morpholine rings is 1. The number of halogens is 1. The third-order valence-electron chi connectivity index (χ3n) is 5.35. The van der Waals surface area contributed by atoms with Gasteiger partial charge in [0.25, 0.3) is 0 Å². The molecule has 3 rings (SSSR count). The lowest BCUT2D eigenvalue weighted by Gasteiger charge is -2.37. The first-order chi connectivity index (χ1) is 13.8. The zero-order valence-electron chi connectivity index (χ0n) is 17.1. The average molecular weight is 392 g/mol. The molecule has 2 aliphatic rings. The summed E-state index contributed by atoms with van der Waals surface area (Å²) >= 11 is 0. The molecule has 6 nitrogen and oxygen atoms in total. The molecule has 0 spiro atoms. The van der Waals surface area contributed by atoms with E-state index in [4.69, 9.17) is 9.73 Å². The molecule has 0 aromatic heterocycles. The van der Waals surface area contributed by atoms with Gasteiger partial charge in [-0.25, -0.2) is 4.39 Å². The predicted molar refractivity (Wildman–Crippen MR) is 113 cm³/mol. The lowest BCUT2D eigenvalue weighted by Crippen LogP contribution is -2.52. The van der Waals surface area contributed by atoms with Gasteiger partial charge in [-0.2, -0.15) is 0 Å². The van der Waals surface area contributed by atoms with Crippen LogP contribution in [-0.4, -0.2) is 87.9 Å². The van der Waals surface area contributed by atoms with E-state index >= 15 is 0 Å². The van der Waals surface area contributed by atoms with Crippen LogP contribution in [0.15, 0.2) is 29.3 Å². The molecule has 2 fully saturated rings. The molecular formula is C21H34FN5O. The van der Waals surface area contributed by atoms with Gasteiger partial charge in [0, 0.05) is 58.0 Å². The highest BCUT2D eigenvalue weighted by Crippen LogP contribution is 2.17. The maximum Gasteiger partial charge on any atom is 0.194 e. The van der Waals surface area contributed by atoms with Crippen molar-refractivity contribution < 1.29 is 9.13 Å². The molecule has 1 aromatic carbocycles. The molecule has 0 unspecified atom stereocenters. The normalized spacial score (nSPS) is 19.1. The Bertz CT molecular complexity index is 595. The van der Waals surface area contributed by atoms with E-state index in [1.807, 2.05) is 12.1 Å². The molecule has 0 saturated carbocycles. The van der Waals surface area contributed by atoms with Gasteiger partial charge in [-0.3, -0.25) is 9.89 Å². The van der Waals surface area contributed by atoms with Gasteiger partial charge in [0.15, 0.2) is 5.96 Å². The Morgan fingerprint density at radius 3 is 2.43 bits per heavy atom. The summed E-state index contributed by atoms with van der Waals surface area (Å²) in [5.74, 6) is 0.838. The first kappa shape index (κ1) is 20.9. The van der Waals surface area contributed by atoms with Crippen LogP contribution in [0, 0.1) is 5.82 Å². The van der Waals surface area contributed by atoms with Crippen molar-refractivity contribution in [1.29, 1.82) is 0 Å². The number of nitrogens with one attached hydrogen (secondary N) is 1. The largest absolute Gasteiger partial charge is 0.379 e. The minimum absolute atomic E-state index is 0.183. The summed E-state index contributed by atoms with van der Waals surface area (Å²) in [6.07, 6.45) is 2.29. The Balaban J connectivity index is 1.41. The zero-order valence-corrected chi connectivity index (χ0v) is 17.1. The van der Waals surface area contributed by atoms with Gasteiger partial charge in [-0.1, -0.05) is 0 Å². The Hall–Kier alpha value is -1.86. The standard InChI is InChI=1S/C21H34FN5O/c1-2-23-21(24-9-3-4-10-25-15-17-28-18-16-25)27-13-11-26(12-14-27)20-7-5-19(22)6-8-20/h5-8H,2-4,9-18H2,1H3,(H,23,24). The first-order valence-electron chi connectivity index (χ1n) is 10.6. The van der Waals surface area contributed by atoms with Crippen LogP contribution in [0.5, 0.6) is 0 Å². The van der Waals surface area contributed by atoms with E-state index < -0.39 is 0 Å². The monoisotopic (exact) mass is 391 g/mol. The summed E-state index contributed by atoms with van der Waals surface area (Å²) in [6.45, 7) is 12.6. The lowest BCUT2D eigenvalue weighted by molar-refractivity contribution is 0.0373. The molecule has 0 atom stereocenters. The fourth-order valence-corrected chi connectivity index (χ4v) is 3.71. The molecule has 1 N–H and O–H groups in total. The first-order valence-corrected chi connectivity index (χ1v) is 10.6. The molecule has 0 amide bonds. The lowest BCUT2D eigenvalue weighted by atomic mass is 10.2. The van der Waals surface area contributed by atoms with Crippen LogP contribution < -0.4 is 10.2 Å². The molecule has 156 valence electrons. The van der Waals surface area contributed by atoms with E-state index in [1.165, 1.54) is 18.6 Å². The summed E-state index contributed by atoms with van der Waals surface area (Å²) in [7, 11) is 0. The van der Waals surface area contributed by atoms with E-state index in [9.17, 15) is 4.39 Å². The summed E-state index contributed by atoms with van der Waals surface area (Å²) in [4.78, 5) is 12.0. The highest BCUT2D eigenvalue weighted by molar-refractivity contribution is 5.80. The highest BCUT2D eigenvalue weighted by Gasteiger charge is 2.19. The van der Waals surface area contributed by atoms with Gasteiger partial charge < -0.3 is 19.9 Å². The second-order valence-electron chi connectivity index (χ2n) is 7.35. The number of aliphatic imine (C=N–C) groups is 1. The summed E-state index contributed by atoms with van der Waals surface area (Å²) in [6, 6.07) is 6.78. The number of unbranched alkanes of at least 4 members (excludes halogenated alkanes) is 1. The van der Waals surface area contributed by atoms with Crippen LogP contribution in [-0.2, 0) is 4.74 Å². The van der Waals surface area contributed by atoms with Crippen LogP contribution in [0.2, 0.25) is 0 Å². The van der Waals surface area contributed by atoms with Gasteiger partial charge in [0.05, 0.1) is 13.2 Å². The van der Waals surface area contributed by atoms with Crippen molar-refractivity contribution in [2.45, 2.75) is 19.8 Å². The third-order valence-corrected chi connectivity index (χ3v) is 5.35. The quantitative estimate of drug-likeness (QED) is 0.438. The van der Waals surface area contributed by atoms with Crippen molar-refractivity contribution in [2.24, 2.45) is 4.99 Å². The minimum Gasteiger partial charge on any atom is -0.379 e. The minimum atomic E-state index is -0.183. The van der Waals surface area contributed by atoms with E-state index in [2.05, 4.69) is 26.9 Å². The van der Waals surface area contributed by atoms with Gasteiger partial charge >= 0.3 is 0 Å². The Labute approximate surface area is 168 Å². The number of nitrogens with zero attached hydrogens (tertiary/aromatic N) is 4. The molecule has 2 aliphatic heterocycles. The Morgan fingerprint density at radius 2 is 1.75 bits per heavy atom. The number of ether oxygens (including phenoxy) is 1. The third kappa shape index (κ3) is 6.34. The average Bonchev–Trinajstić information content (AvgIpc) is 2.74. The van der Waals surface area contributed by atoms with Gasteiger partial charge in [-0.15, -0.1) is 0 Å². The van der Waals surface area contributed by atoms with Crippen molar-refractivity contribution in [2.75, 3.05) is 77.0 Å². The second kappa shape index (κ2) is 11.2. The fraction of sp³-hybridized carbons (Fsp3) is 0.667. The van der Waals surface area contributed by atoms with Crippen molar-refractivity contribution in [3.05, 3.63) is 30.1 Å². The second-order valence-corrected chi connectivity index (χ2v) is 7.35. The number of hydrogen-bond acceptors (Lipinski definition) is 4. The molecule has 2 saturated heterocycles. The summed E-state index contributed by atoms with van der Waals surface area (Å²) in [5, 5.41) is 3.44. The topological polar surface area (TPSA) is 43.3 Å². The Kier molecular flexibility index (Phi) is 8.36. The molecule has 7 heteroatoms. The molecule has 0 radical (unpaired) electrons. The maximum atomic E-state index is 13.1. The van der Waals surface area contributed by atoms with Crippen molar-refractivity contribution in [3.63, 3.8) is 0 Å². The van der Waals surface area contributed by atoms with Gasteiger partial charge in [0.2, 0.25) is 0 Å². The maximum absolute atomic E-state index is 13.1. The van der Waals surface area contributed by atoms with Gasteiger partial charge in [0.1, 0.15) is 5.82 Å². The van der Waals surface area contributed by atoms with Gasteiger partial charge in [-0.05, 0) is 50.6 Å². The smallest absolute Gasteiger partial charge is 0.194 e. The van der Waals surface area contributed by atoms with Crippen LogP contribution in [0.25, 0.3) is 0 Å². The van der Waals surface area contributed by atoms with Crippen LogP contribution >= 0.6 is 0 Å². The number of piperazine rings is 1. The van der Waals surface area contributed by atoms with E-state index in [-0.39, 0.29) is 5.82 Å². The zero-order chi connectivity index (χ0) is 19.6. The van der Waals surface area contributed by atoms with Crippen LogP contribution in [0.4, 0.5) is 10.1 Å². The molecule has 1 aromatic rings. The SMILES string of the molecule is CCNC(=NCCCCN1CCOCC1)N1CCN(c2ccc(F)cc2)CC1. The number of benzene rings is 1. The van der Waals surface area contributed by atoms with Crippen molar-refractivity contribution in [3.8, 4) is 0 Å². The molecule has 0 bridgehead atoms. The van der Waals surface area contributed by atoms with E-state index in [0.717, 1.165) is 90.2 Å². The highest BCUT2D eigenvalue weighted by atomic mass is 19.1. The van der Waals surface area contributed by atoms with Crippen molar-refractivity contribution >= 4 is 11.6 Å². The van der Waals surface area contributed by atoms with Crippen LogP contribution in [0.3, 0.4) is 0 Å². The number of rotatable bonds is 7. The molecule has 2 heterocycles. The molecule has 0 aliphatic carbocycles. The predicted octanol–water partition coefficient (Wildman–Crippen LogP) is 2.03. The molecule has 28 heavy (non-hydrogen) atoms. The van der Waals surface area contributed by atoms with E-state index in [0.29, 0.717) is 0 Å². The number of hydrogen-bond donors (Lipinski definition) is 1. The fourth-order valence-electron chi connectivity index (χ4n) is 3.71. The number of anilines is 1.